The molecule has 1 aromatic heterocycles. The number of nitrogens with zero attached hydrogens (tertiary/aromatic N) is 4. The van der Waals surface area contributed by atoms with Gasteiger partial charge in [-0.2, -0.15) is 0 Å². The number of carbonyl (C=O) groups excluding carboxylic acids is 3. The van der Waals surface area contributed by atoms with E-state index in [2.05, 4.69) is 15.2 Å². The number of halogens is 1. The number of amides is 3. The zero-order valence-electron chi connectivity index (χ0n) is 26.9. The lowest BCUT2D eigenvalue weighted by molar-refractivity contribution is -0.136. The van der Waals surface area contributed by atoms with Crippen molar-refractivity contribution in [1.29, 1.82) is 0 Å². The SMILES string of the molecule is CC(=O)N(CC1(N2CCN(C(=O)C(Cc3ccc(Cl)cc3)NC(=O)c3cc4ccccc4cn3)CC2)CCCCC1)c1ccccc1. The number of nitrogens with one attached hydrogen (secondary N) is 1. The predicted molar refractivity (Wildman–Crippen MR) is 187 cm³/mol. The van der Waals surface area contributed by atoms with Crippen molar-refractivity contribution >= 4 is 45.8 Å². The average Bonchev–Trinajstić information content (AvgIpc) is 3.11. The summed E-state index contributed by atoms with van der Waals surface area (Å²) in [5, 5.41) is 5.49. The van der Waals surface area contributed by atoms with Gasteiger partial charge in [-0.25, -0.2) is 0 Å². The second kappa shape index (κ2) is 14.7. The molecule has 0 radical (unpaired) electrons. The van der Waals surface area contributed by atoms with Gasteiger partial charge in [-0.3, -0.25) is 24.3 Å². The standard InChI is InChI=1S/C38H42ClN5O3/c1-28(45)44(33-12-4-2-5-13-33)27-38(18-8-3-9-19-38)43-22-20-42(21-23-43)37(47)35(24-29-14-16-32(39)17-15-29)41-36(46)34-25-30-10-6-7-11-31(30)26-40-34/h2,4-7,10-17,25-26,35H,3,8-9,18-24,27H2,1H3,(H,41,46). The highest BCUT2D eigenvalue weighted by molar-refractivity contribution is 6.30. The zero-order valence-corrected chi connectivity index (χ0v) is 27.7. The van der Waals surface area contributed by atoms with Crippen molar-refractivity contribution in [3.05, 3.63) is 107 Å². The van der Waals surface area contributed by atoms with E-state index in [1.54, 1.807) is 31.3 Å². The zero-order chi connectivity index (χ0) is 32.8. The molecule has 6 rings (SSSR count). The van der Waals surface area contributed by atoms with Gasteiger partial charge in [-0.15, -0.1) is 0 Å². The van der Waals surface area contributed by atoms with Crippen molar-refractivity contribution in [3.8, 4) is 0 Å². The van der Waals surface area contributed by atoms with Crippen LogP contribution < -0.4 is 10.2 Å². The third-order valence-electron chi connectivity index (χ3n) is 9.77. The molecule has 47 heavy (non-hydrogen) atoms. The molecule has 1 unspecified atom stereocenters. The first-order valence-corrected chi connectivity index (χ1v) is 17.0. The number of rotatable bonds is 9. The monoisotopic (exact) mass is 651 g/mol. The maximum Gasteiger partial charge on any atom is 0.270 e. The number of hydrogen-bond donors (Lipinski definition) is 1. The van der Waals surface area contributed by atoms with Gasteiger partial charge >= 0.3 is 0 Å². The number of piperazine rings is 1. The van der Waals surface area contributed by atoms with E-state index in [-0.39, 0.29) is 29.0 Å². The van der Waals surface area contributed by atoms with Gasteiger partial charge in [0.15, 0.2) is 0 Å². The first-order valence-electron chi connectivity index (χ1n) is 16.6. The van der Waals surface area contributed by atoms with Gasteiger partial charge in [0, 0.05) is 73.9 Å². The minimum absolute atomic E-state index is 0.0386. The number of carbonyl (C=O) groups is 3. The predicted octanol–water partition coefficient (Wildman–Crippen LogP) is 6.13. The van der Waals surface area contributed by atoms with E-state index in [0.717, 1.165) is 47.7 Å². The Morgan fingerprint density at radius 1 is 0.872 bits per heavy atom. The minimum atomic E-state index is -0.765. The molecular formula is C38H42ClN5O3. The topological polar surface area (TPSA) is 85.9 Å². The maximum absolute atomic E-state index is 14.2. The van der Waals surface area contributed by atoms with Crippen LogP contribution in [0.2, 0.25) is 5.02 Å². The summed E-state index contributed by atoms with van der Waals surface area (Å²) in [5.41, 5.74) is 1.95. The van der Waals surface area contributed by atoms with Crippen LogP contribution in [0.5, 0.6) is 0 Å². The molecule has 3 aromatic carbocycles. The fourth-order valence-corrected chi connectivity index (χ4v) is 7.31. The molecule has 1 aliphatic carbocycles. The molecule has 2 aliphatic rings. The quantitative estimate of drug-likeness (QED) is 0.235. The molecule has 3 amide bonds. The van der Waals surface area contributed by atoms with Gasteiger partial charge in [0.1, 0.15) is 11.7 Å². The lowest BCUT2D eigenvalue weighted by Gasteiger charge is -2.51. The number of anilines is 1. The van der Waals surface area contributed by atoms with E-state index in [1.807, 2.05) is 76.5 Å². The van der Waals surface area contributed by atoms with E-state index < -0.39 is 6.04 Å². The van der Waals surface area contributed by atoms with Crippen LogP contribution in [0.3, 0.4) is 0 Å². The number of aromatic nitrogens is 1. The second-order valence-electron chi connectivity index (χ2n) is 12.8. The average molecular weight is 652 g/mol. The number of benzene rings is 3. The van der Waals surface area contributed by atoms with Crippen LogP contribution >= 0.6 is 11.6 Å². The lowest BCUT2D eigenvalue weighted by Crippen LogP contribution is -2.64. The van der Waals surface area contributed by atoms with Crippen molar-refractivity contribution in [1.82, 2.24) is 20.1 Å². The number of para-hydroxylation sites is 1. The van der Waals surface area contributed by atoms with Gasteiger partial charge in [-0.05, 0) is 54.1 Å². The molecular weight excluding hydrogens is 610 g/mol. The molecule has 0 spiro atoms. The van der Waals surface area contributed by atoms with Crippen LogP contribution in [0.15, 0.2) is 91.1 Å². The highest BCUT2D eigenvalue weighted by Crippen LogP contribution is 2.36. The van der Waals surface area contributed by atoms with Crippen molar-refractivity contribution in [2.24, 2.45) is 0 Å². The molecule has 0 bridgehead atoms. The summed E-state index contributed by atoms with van der Waals surface area (Å²) >= 11 is 6.14. The van der Waals surface area contributed by atoms with Gasteiger partial charge in [0.25, 0.3) is 5.91 Å². The smallest absolute Gasteiger partial charge is 0.270 e. The van der Waals surface area contributed by atoms with Crippen molar-refractivity contribution in [2.45, 2.75) is 57.0 Å². The Hall–Kier alpha value is -4.27. The van der Waals surface area contributed by atoms with Gasteiger partial charge < -0.3 is 15.1 Å². The van der Waals surface area contributed by atoms with Crippen LogP contribution in [-0.2, 0) is 16.0 Å². The summed E-state index contributed by atoms with van der Waals surface area (Å²) in [6.45, 7) is 4.79. The van der Waals surface area contributed by atoms with E-state index in [9.17, 15) is 14.4 Å². The number of fused-ring (bicyclic) bond motifs is 1. The first-order chi connectivity index (χ1) is 22.8. The Morgan fingerprint density at radius 3 is 2.21 bits per heavy atom. The van der Waals surface area contributed by atoms with Crippen molar-refractivity contribution < 1.29 is 14.4 Å². The Morgan fingerprint density at radius 2 is 1.53 bits per heavy atom. The van der Waals surface area contributed by atoms with E-state index in [0.29, 0.717) is 44.2 Å². The van der Waals surface area contributed by atoms with Crippen LogP contribution in [0.1, 0.15) is 55.1 Å². The minimum Gasteiger partial charge on any atom is -0.339 e. The first kappa shape index (κ1) is 32.7. The molecule has 2 fully saturated rings. The molecule has 4 aromatic rings. The summed E-state index contributed by atoms with van der Waals surface area (Å²) in [6, 6.07) is 26.0. The van der Waals surface area contributed by atoms with E-state index in [1.165, 1.54) is 6.42 Å². The van der Waals surface area contributed by atoms with Crippen molar-refractivity contribution in [3.63, 3.8) is 0 Å². The largest absolute Gasteiger partial charge is 0.339 e. The molecule has 1 aliphatic heterocycles. The second-order valence-corrected chi connectivity index (χ2v) is 13.2. The molecule has 1 saturated heterocycles. The lowest BCUT2D eigenvalue weighted by atomic mass is 9.79. The Balaban J connectivity index is 1.18. The molecule has 2 heterocycles. The summed E-state index contributed by atoms with van der Waals surface area (Å²) in [7, 11) is 0. The van der Waals surface area contributed by atoms with Crippen LogP contribution in [0, 0.1) is 0 Å². The Kier molecular flexibility index (Phi) is 10.2. The Bertz CT molecular complexity index is 1700. The number of hydrogen-bond acceptors (Lipinski definition) is 5. The fourth-order valence-electron chi connectivity index (χ4n) is 7.19. The molecule has 1 saturated carbocycles. The van der Waals surface area contributed by atoms with Gasteiger partial charge in [0.05, 0.1) is 0 Å². The van der Waals surface area contributed by atoms with E-state index in [4.69, 9.17) is 11.6 Å². The normalized spacial score (nSPS) is 17.2. The van der Waals surface area contributed by atoms with E-state index >= 15 is 0 Å². The highest BCUT2D eigenvalue weighted by atomic mass is 35.5. The van der Waals surface area contributed by atoms with Crippen LogP contribution in [0.25, 0.3) is 10.8 Å². The van der Waals surface area contributed by atoms with Gasteiger partial charge in [-0.1, -0.05) is 85.5 Å². The molecule has 9 heteroatoms. The fraction of sp³-hybridized carbons (Fsp3) is 0.368. The summed E-state index contributed by atoms with van der Waals surface area (Å²) in [4.78, 5) is 51.2. The summed E-state index contributed by atoms with van der Waals surface area (Å²) < 4.78 is 0. The third-order valence-corrected chi connectivity index (χ3v) is 10.0. The third kappa shape index (κ3) is 7.66. The summed E-state index contributed by atoms with van der Waals surface area (Å²) in [5.74, 6) is -0.453. The van der Waals surface area contributed by atoms with Crippen LogP contribution in [0.4, 0.5) is 5.69 Å². The van der Waals surface area contributed by atoms with Crippen molar-refractivity contribution in [2.75, 3.05) is 37.6 Å². The molecule has 244 valence electrons. The molecule has 8 nitrogen and oxygen atoms in total. The highest BCUT2D eigenvalue weighted by Gasteiger charge is 2.42. The molecule has 1 atom stereocenters. The molecule has 1 N–H and O–H groups in total. The van der Waals surface area contributed by atoms with Gasteiger partial charge in [0.2, 0.25) is 11.8 Å². The Labute approximate surface area is 281 Å². The van der Waals surface area contributed by atoms with Crippen LogP contribution in [-0.4, -0.2) is 76.8 Å². The maximum atomic E-state index is 14.2. The summed E-state index contributed by atoms with van der Waals surface area (Å²) in [6.07, 6.45) is 7.51. The number of pyridine rings is 1.